The van der Waals surface area contributed by atoms with Gasteiger partial charge in [-0.15, -0.1) is 0 Å². The van der Waals surface area contributed by atoms with Gasteiger partial charge in [0, 0.05) is 29.4 Å². The van der Waals surface area contributed by atoms with Crippen molar-refractivity contribution in [2.75, 3.05) is 7.11 Å². The second-order valence-corrected chi connectivity index (χ2v) is 10.3. The van der Waals surface area contributed by atoms with Crippen molar-refractivity contribution in [3.8, 4) is 5.75 Å². The van der Waals surface area contributed by atoms with Gasteiger partial charge in [-0.1, -0.05) is 26.0 Å². The van der Waals surface area contributed by atoms with Gasteiger partial charge in [-0.05, 0) is 57.6 Å². The Morgan fingerprint density at radius 1 is 1.12 bits per heavy atom. The number of methoxy groups -OCH3 is 1. The highest BCUT2D eigenvalue weighted by Crippen LogP contribution is 2.61. The SMILES string of the molecule is COC(=O)c1c(C)cc2c(c(C)c1=O)O[C@]1(C2)[C@H](C)CC[C@@H]2C(C)(C)OC(=O)C=C[C@@]21C. The summed E-state index contributed by atoms with van der Waals surface area (Å²) in [5.74, 6) is -0.196. The van der Waals surface area contributed by atoms with Crippen LogP contribution < -0.4 is 10.2 Å². The van der Waals surface area contributed by atoms with Crippen molar-refractivity contribution in [2.45, 2.75) is 72.0 Å². The molecule has 3 aliphatic rings. The molecule has 6 heteroatoms. The molecule has 1 aliphatic carbocycles. The molecule has 1 saturated carbocycles. The van der Waals surface area contributed by atoms with Gasteiger partial charge in [0.05, 0.1) is 7.11 Å². The molecule has 4 rings (SSSR count). The van der Waals surface area contributed by atoms with Crippen molar-refractivity contribution in [1.82, 2.24) is 0 Å². The van der Waals surface area contributed by atoms with E-state index >= 15 is 0 Å². The zero-order chi connectivity index (χ0) is 23.6. The molecule has 0 unspecified atom stereocenters. The van der Waals surface area contributed by atoms with E-state index in [1.807, 2.05) is 26.0 Å². The number of aryl methyl sites for hydroxylation is 1. The molecule has 0 radical (unpaired) electrons. The maximum atomic E-state index is 13.2. The lowest BCUT2D eigenvalue weighted by Crippen LogP contribution is -2.63. The van der Waals surface area contributed by atoms with Gasteiger partial charge in [0.15, 0.2) is 5.43 Å². The van der Waals surface area contributed by atoms with E-state index in [1.165, 1.54) is 13.2 Å². The van der Waals surface area contributed by atoms with Crippen LogP contribution in [0.25, 0.3) is 0 Å². The summed E-state index contributed by atoms with van der Waals surface area (Å²) in [5, 5.41) is 0. The van der Waals surface area contributed by atoms with Crippen LogP contribution in [0.5, 0.6) is 5.75 Å². The number of rotatable bonds is 1. The number of ether oxygens (including phenoxy) is 3. The highest BCUT2D eigenvalue weighted by Gasteiger charge is 2.65. The van der Waals surface area contributed by atoms with Crippen LogP contribution in [0.2, 0.25) is 0 Å². The first-order chi connectivity index (χ1) is 14.9. The summed E-state index contributed by atoms with van der Waals surface area (Å²) < 4.78 is 17.5. The first kappa shape index (κ1) is 22.6. The minimum absolute atomic E-state index is 0.0484. The third-order valence-electron chi connectivity index (χ3n) is 8.20. The Kier molecular flexibility index (Phi) is 5.07. The van der Waals surface area contributed by atoms with Crippen LogP contribution in [0, 0.1) is 31.1 Å². The predicted molar refractivity (Wildman–Crippen MR) is 120 cm³/mol. The maximum Gasteiger partial charge on any atom is 0.342 e. The largest absolute Gasteiger partial charge is 0.485 e. The normalized spacial score (nSPS) is 32.4. The third kappa shape index (κ3) is 2.95. The molecule has 172 valence electrons. The lowest BCUT2D eigenvalue weighted by Gasteiger charge is -2.57. The summed E-state index contributed by atoms with van der Waals surface area (Å²) in [7, 11) is 1.27. The fourth-order valence-electron chi connectivity index (χ4n) is 6.52. The first-order valence-electron chi connectivity index (χ1n) is 11.2. The Bertz CT molecular complexity index is 1100. The summed E-state index contributed by atoms with van der Waals surface area (Å²) in [5.41, 5.74) is -0.211. The van der Waals surface area contributed by atoms with Gasteiger partial charge in [-0.25, -0.2) is 9.59 Å². The number of hydrogen-bond donors (Lipinski definition) is 0. The number of fused-ring (bicyclic) bond motifs is 3. The average Bonchev–Trinajstić information content (AvgIpc) is 3.02. The molecule has 0 aromatic heterocycles. The van der Waals surface area contributed by atoms with E-state index in [0.717, 1.165) is 18.4 Å². The van der Waals surface area contributed by atoms with Crippen LogP contribution >= 0.6 is 0 Å². The van der Waals surface area contributed by atoms with Gasteiger partial charge in [0.25, 0.3) is 0 Å². The fourth-order valence-corrected chi connectivity index (χ4v) is 6.52. The Labute approximate surface area is 188 Å². The quantitative estimate of drug-likeness (QED) is 0.613. The standard InChI is InChI=1S/C26H32O6/c1-14-12-17-13-26(32-22(17)16(3)21(28)20(14)23(29)30-7)15(2)8-9-18-24(4,5)31-19(27)10-11-25(18,26)6/h10-12,15,18H,8-9,13H2,1-7H3/t15-,18-,25+,26-/m1/s1. The van der Waals surface area contributed by atoms with Gasteiger partial charge >= 0.3 is 11.9 Å². The monoisotopic (exact) mass is 440 g/mol. The van der Waals surface area contributed by atoms with E-state index in [2.05, 4.69) is 13.8 Å². The van der Waals surface area contributed by atoms with Gasteiger partial charge in [0.1, 0.15) is 22.5 Å². The van der Waals surface area contributed by atoms with E-state index in [0.29, 0.717) is 23.3 Å². The Hall–Kier alpha value is -2.63. The van der Waals surface area contributed by atoms with E-state index in [-0.39, 0.29) is 28.8 Å². The number of carbonyl (C=O) groups excluding carboxylic acids is 2. The van der Waals surface area contributed by atoms with E-state index in [9.17, 15) is 14.4 Å². The van der Waals surface area contributed by atoms with E-state index in [4.69, 9.17) is 14.2 Å². The second-order valence-electron chi connectivity index (χ2n) is 10.3. The minimum atomic E-state index is -0.655. The Morgan fingerprint density at radius 2 is 1.81 bits per heavy atom. The summed E-state index contributed by atoms with van der Waals surface area (Å²) in [6.07, 6.45) is 5.91. The zero-order valence-electron chi connectivity index (χ0n) is 20.0. The van der Waals surface area contributed by atoms with Crippen LogP contribution in [-0.2, 0) is 20.7 Å². The van der Waals surface area contributed by atoms with Gasteiger partial charge in [-0.2, -0.15) is 0 Å². The topological polar surface area (TPSA) is 78.9 Å². The van der Waals surface area contributed by atoms with Gasteiger partial charge in [-0.3, -0.25) is 4.79 Å². The third-order valence-corrected chi connectivity index (χ3v) is 8.20. The summed E-state index contributed by atoms with van der Waals surface area (Å²) in [6, 6.07) is 1.89. The molecule has 0 N–H and O–H groups in total. The molecule has 0 bridgehead atoms. The van der Waals surface area contributed by atoms with Gasteiger partial charge < -0.3 is 14.2 Å². The molecule has 32 heavy (non-hydrogen) atoms. The van der Waals surface area contributed by atoms with Crippen molar-refractivity contribution in [1.29, 1.82) is 0 Å². The fraction of sp³-hybridized carbons (Fsp3) is 0.577. The van der Waals surface area contributed by atoms with Crippen molar-refractivity contribution in [3.05, 3.63) is 50.7 Å². The molecule has 2 heterocycles. The number of carbonyl (C=O) groups is 2. The highest BCUT2D eigenvalue weighted by atomic mass is 16.6. The van der Waals surface area contributed by atoms with Crippen LogP contribution in [0.4, 0.5) is 0 Å². The van der Waals surface area contributed by atoms with Crippen LogP contribution in [0.3, 0.4) is 0 Å². The maximum absolute atomic E-state index is 13.2. The highest BCUT2D eigenvalue weighted by molar-refractivity contribution is 5.91. The van der Waals surface area contributed by atoms with Gasteiger partial charge in [0.2, 0.25) is 0 Å². The molecule has 1 fully saturated rings. The van der Waals surface area contributed by atoms with Crippen molar-refractivity contribution in [3.63, 3.8) is 0 Å². The molecular formula is C26H32O6. The van der Waals surface area contributed by atoms with Crippen molar-refractivity contribution in [2.24, 2.45) is 17.3 Å². The Morgan fingerprint density at radius 3 is 2.47 bits per heavy atom. The molecule has 1 aromatic carbocycles. The van der Waals surface area contributed by atoms with Crippen LogP contribution in [0.15, 0.2) is 23.0 Å². The minimum Gasteiger partial charge on any atom is -0.485 e. The lowest BCUT2D eigenvalue weighted by atomic mass is 9.50. The molecule has 0 saturated heterocycles. The van der Waals surface area contributed by atoms with E-state index < -0.39 is 22.6 Å². The summed E-state index contributed by atoms with van der Waals surface area (Å²) >= 11 is 0. The zero-order valence-corrected chi connectivity index (χ0v) is 20.0. The smallest absolute Gasteiger partial charge is 0.342 e. The molecule has 1 spiro atoms. The summed E-state index contributed by atoms with van der Waals surface area (Å²) in [4.78, 5) is 37.9. The Balaban J connectivity index is 1.93. The molecule has 6 nitrogen and oxygen atoms in total. The number of hydrogen-bond acceptors (Lipinski definition) is 6. The second kappa shape index (κ2) is 7.19. The molecule has 1 aromatic rings. The molecule has 0 amide bonds. The predicted octanol–water partition coefficient (Wildman–Crippen LogP) is 4.07. The van der Waals surface area contributed by atoms with E-state index in [1.54, 1.807) is 13.8 Å². The number of cyclic esters (lactones) is 1. The summed E-state index contributed by atoms with van der Waals surface area (Å²) in [6.45, 7) is 11.7. The van der Waals surface area contributed by atoms with Crippen LogP contribution in [-0.4, -0.2) is 30.3 Å². The van der Waals surface area contributed by atoms with Crippen molar-refractivity contribution >= 4 is 11.9 Å². The lowest BCUT2D eigenvalue weighted by molar-refractivity contribution is -0.181. The first-order valence-corrected chi connectivity index (χ1v) is 11.2. The molecular weight excluding hydrogens is 408 g/mol. The number of esters is 2. The van der Waals surface area contributed by atoms with Crippen LogP contribution in [0.1, 0.15) is 67.6 Å². The average molecular weight is 441 g/mol. The van der Waals surface area contributed by atoms with Crippen molar-refractivity contribution < 1.29 is 23.8 Å². The molecule has 2 aliphatic heterocycles. The molecule has 4 atom stereocenters.